The molecule has 0 saturated carbocycles. The third-order valence-corrected chi connectivity index (χ3v) is 5.43. The molecule has 7 nitrogen and oxygen atoms in total. The lowest BCUT2D eigenvalue weighted by atomic mass is 9.97. The van der Waals surface area contributed by atoms with Gasteiger partial charge in [0.15, 0.2) is 0 Å². The highest BCUT2D eigenvalue weighted by molar-refractivity contribution is 6.06. The standard InChI is InChI=1S/C23H24N4O3.2ClH/c28-13-1-10-27-11-7-17(8-12-27)16-2-4-18(5-3-16)22-14-19(23(29)26-30)20-15-24-9-6-21(20)25-22;;/h2-7,9,14-15,28,30H,1,8,10-13H2,(H,26,29);2*1H. The zero-order chi connectivity index (χ0) is 20.9. The number of fused-ring (bicyclic) bond motifs is 1. The summed E-state index contributed by atoms with van der Waals surface area (Å²) in [6.07, 6.45) is 7.23. The summed E-state index contributed by atoms with van der Waals surface area (Å²) in [4.78, 5) is 23.2. The van der Waals surface area contributed by atoms with Crippen LogP contribution in [0.25, 0.3) is 27.7 Å². The van der Waals surface area contributed by atoms with Crippen molar-refractivity contribution < 1.29 is 15.1 Å². The normalized spacial score (nSPS) is 13.6. The molecular formula is C23H26Cl2N4O3. The largest absolute Gasteiger partial charge is 0.396 e. The van der Waals surface area contributed by atoms with E-state index in [0.717, 1.165) is 38.0 Å². The fraction of sp³-hybridized carbons (Fsp3) is 0.261. The van der Waals surface area contributed by atoms with Gasteiger partial charge in [-0.1, -0.05) is 30.3 Å². The second kappa shape index (κ2) is 11.9. The maximum atomic E-state index is 12.1. The number of aliphatic hydroxyl groups is 1. The Morgan fingerprint density at radius 1 is 1.12 bits per heavy atom. The molecule has 3 aromatic rings. The Kier molecular flexibility index (Phi) is 9.56. The minimum Gasteiger partial charge on any atom is -0.396 e. The Labute approximate surface area is 199 Å². The summed E-state index contributed by atoms with van der Waals surface area (Å²) in [5.41, 5.74) is 6.72. The highest BCUT2D eigenvalue weighted by atomic mass is 35.5. The molecule has 2 aromatic heterocycles. The van der Waals surface area contributed by atoms with E-state index in [1.165, 1.54) is 11.1 Å². The topological polar surface area (TPSA) is 98.6 Å². The van der Waals surface area contributed by atoms with Gasteiger partial charge in [0.05, 0.1) is 16.8 Å². The van der Waals surface area contributed by atoms with Crippen LogP contribution in [0.2, 0.25) is 0 Å². The predicted octanol–water partition coefficient (Wildman–Crippen LogP) is 3.73. The van der Waals surface area contributed by atoms with Crippen molar-refractivity contribution in [3.8, 4) is 11.3 Å². The minimum atomic E-state index is -0.591. The Hall–Kier alpha value is -2.55. The molecular weight excluding hydrogens is 451 g/mol. The minimum absolute atomic E-state index is 0. The molecule has 1 aromatic carbocycles. The van der Waals surface area contributed by atoms with E-state index >= 15 is 0 Å². The summed E-state index contributed by atoms with van der Waals surface area (Å²) in [5, 5.41) is 18.7. The highest BCUT2D eigenvalue weighted by Crippen LogP contribution is 2.28. The summed E-state index contributed by atoms with van der Waals surface area (Å²) >= 11 is 0. The number of hydroxylamine groups is 1. The molecule has 0 fully saturated rings. The van der Waals surface area contributed by atoms with E-state index in [-0.39, 0.29) is 31.4 Å². The Morgan fingerprint density at radius 2 is 1.88 bits per heavy atom. The summed E-state index contributed by atoms with van der Waals surface area (Å²) in [7, 11) is 0. The molecule has 0 unspecified atom stereocenters. The second-order valence-electron chi connectivity index (χ2n) is 7.32. The van der Waals surface area contributed by atoms with Gasteiger partial charge in [0.25, 0.3) is 5.91 Å². The average Bonchev–Trinajstić information content (AvgIpc) is 2.82. The number of carbonyl (C=O) groups is 1. The number of pyridine rings is 2. The first kappa shape index (κ1) is 25.7. The van der Waals surface area contributed by atoms with E-state index in [9.17, 15) is 4.79 Å². The van der Waals surface area contributed by atoms with Crippen LogP contribution < -0.4 is 5.48 Å². The van der Waals surface area contributed by atoms with Gasteiger partial charge in [-0.2, -0.15) is 0 Å². The van der Waals surface area contributed by atoms with Crippen LogP contribution in [0.15, 0.2) is 54.9 Å². The number of aliphatic hydroxyl groups excluding tert-OH is 1. The van der Waals surface area contributed by atoms with Gasteiger partial charge < -0.3 is 5.11 Å². The summed E-state index contributed by atoms with van der Waals surface area (Å²) in [6.45, 7) is 3.05. The molecule has 3 N–H and O–H groups in total. The number of halogens is 2. The van der Waals surface area contributed by atoms with E-state index in [2.05, 4.69) is 33.1 Å². The lowest BCUT2D eigenvalue weighted by Gasteiger charge is -2.26. The van der Waals surface area contributed by atoms with E-state index in [1.807, 2.05) is 12.1 Å². The van der Waals surface area contributed by atoms with Crippen molar-refractivity contribution in [1.82, 2.24) is 20.3 Å². The van der Waals surface area contributed by atoms with E-state index in [1.54, 1.807) is 30.0 Å². The third kappa shape index (κ3) is 5.62. The van der Waals surface area contributed by atoms with Crippen LogP contribution in [0, 0.1) is 0 Å². The van der Waals surface area contributed by atoms with Crippen LogP contribution in [-0.2, 0) is 0 Å². The fourth-order valence-electron chi connectivity index (χ4n) is 3.79. The van der Waals surface area contributed by atoms with Gasteiger partial charge in [-0.05, 0) is 36.1 Å². The van der Waals surface area contributed by atoms with Crippen LogP contribution in [0.4, 0.5) is 0 Å². The first-order valence-electron chi connectivity index (χ1n) is 10.0. The zero-order valence-corrected chi connectivity index (χ0v) is 19.0. The molecule has 1 aliphatic rings. The highest BCUT2D eigenvalue weighted by Gasteiger charge is 2.15. The summed E-state index contributed by atoms with van der Waals surface area (Å²) in [6, 6.07) is 11.6. The molecule has 0 aliphatic carbocycles. The maximum absolute atomic E-state index is 12.1. The zero-order valence-electron chi connectivity index (χ0n) is 17.4. The Morgan fingerprint density at radius 3 is 2.53 bits per heavy atom. The molecule has 0 saturated heterocycles. The average molecular weight is 477 g/mol. The molecule has 32 heavy (non-hydrogen) atoms. The SMILES string of the molecule is Cl.Cl.O=C(NO)c1cc(-c2ccc(C3=CCN(CCCO)CC3)cc2)nc2ccncc12. The van der Waals surface area contributed by atoms with Gasteiger partial charge in [0.2, 0.25) is 0 Å². The van der Waals surface area contributed by atoms with Crippen LogP contribution in [-0.4, -0.2) is 57.3 Å². The molecule has 1 aliphatic heterocycles. The second-order valence-corrected chi connectivity index (χ2v) is 7.32. The quantitative estimate of drug-likeness (QED) is 0.370. The van der Waals surface area contributed by atoms with Crippen molar-refractivity contribution in [2.24, 2.45) is 0 Å². The molecule has 0 bridgehead atoms. The van der Waals surface area contributed by atoms with E-state index in [4.69, 9.17) is 10.3 Å². The lowest BCUT2D eigenvalue weighted by Crippen LogP contribution is -2.29. The first-order chi connectivity index (χ1) is 14.7. The number of aromatic nitrogens is 2. The summed E-state index contributed by atoms with van der Waals surface area (Å²) in [5.74, 6) is -0.591. The number of carbonyl (C=O) groups excluding carboxylic acids is 1. The molecule has 9 heteroatoms. The molecule has 170 valence electrons. The fourth-order valence-corrected chi connectivity index (χ4v) is 3.79. The smallest absolute Gasteiger partial charge is 0.275 e. The van der Waals surface area contributed by atoms with Crippen LogP contribution >= 0.6 is 24.8 Å². The lowest BCUT2D eigenvalue weighted by molar-refractivity contribution is 0.0708. The maximum Gasteiger partial charge on any atom is 0.275 e. The van der Waals surface area contributed by atoms with Crippen LogP contribution in [0.5, 0.6) is 0 Å². The van der Waals surface area contributed by atoms with Gasteiger partial charge in [0, 0.05) is 49.6 Å². The molecule has 3 heterocycles. The van der Waals surface area contributed by atoms with E-state index in [0.29, 0.717) is 22.2 Å². The molecule has 4 rings (SSSR count). The Bertz CT molecular complexity index is 1090. The molecule has 0 atom stereocenters. The van der Waals surface area contributed by atoms with Crippen molar-refractivity contribution in [1.29, 1.82) is 0 Å². The van der Waals surface area contributed by atoms with Crippen molar-refractivity contribution in [3.63, 3.8) is 0 Å². The number of benzene rings is 1. The van der Waals surface area contributed by atoms with E-state index < -0.39 is 5.91 Å². The van der Waals surface area contributed by atoms with Crippen LogP contribution in [0.1, 0.15) is 28.8 Å². The molecule has 0 radical (unpaired) electrons. The van der Waals surface area contributed by atoms with Gasteiger partial charge in [-0.3, -0.25) is 19.9 Å². The number of amides is 1. The number of nitrogens with one attached hydrogen (secondary N) is 1. The van der Waals surface area contributed by atoms with Gasteiger partial charge in [-0.25, -0.2) is 10.5 Å². The number of hydrogen-bond donors (Lipinski definition) is 3. The van der Waals surface area contributed by atoms with Crippen molar-refractivity contribution in [2.75, 3.05) is 26.2 Å². The summed E-state index contributed by atoms with van der Waals surface area (Å²) < 4.78 is 0. The monoisotopic (exact) mass is 476 g/mol. The predicted molar refractivity (Wildman–Crippen MR) is 129 cm³/mol. The van der Waals surface area contributed by atoms with Crippen molar-refractivity contribution in [2.45, 2.75) is 12.8 Å². The first-order valence-corrected chi connectivity index (χ1v) is 10.0. The molecule has 1 amide bonds. The van der Waals surface area contributed by atoms with Crippen molar-refractivity contribution >= 4 is 47.2 Å². The third-order valence-electron chi connectivity index (χ3n) is 5.43. The van der Waals surface area contributed by atoms with Crippen molar-refractivity contribution in [3.05, 3.63) is 66.0 Å². The number of nitrogens with zero attached hydrogens (tertiary/aromatic N) is 3. The number of hydrogen-bond acceptors (Lipinski definition) is 6. The Balaban J connectivity index is 0.00000181. The van der Waals surface area contributed by atoms with Gasteiger partial charge in [0.1, 0.15) is 0 Å². The van der Waals surface area contributed by atoms with Crippen LogP contribution in [0.3, 0.4) is 0 Å². The van der Waals surface area contributed by atoms with Gasteiger partial charge in [-0.15, -0.1) is 24.8 Å². The van der Waals surface area contributed by atoms with Gasteiger partial charge >= 0.3 is 0 Å². The molecule has 0 spiro atoms. The number of rotatable bonds is 6.